The zero-order valence-electron chi connectivity index (χ0n) is 13.4. The lowest BCUT2D eigenvalue weighted by Gasteiger charge is -2.20. The van der Waals surface area contributed by atoms with Crippen molar-refractivity contribution in [1.82, 2.24) is 19.6 Å². The SMILES string of the molecule is C[Si](C)(C)CNc1c(-c2ccc(F)cc2Cl)c(Cl)nc2ncnn12. The van der Waals surface area contributed by atoms with Crippen molar-refractivity contribution < 1.29 is 4.39 Å². The molecule has 3 aromatic rings. The van der Waals surface area contributed by atoms with Gasteiger partial charge in [-0.2, -0.15) is 19.6 Å². The number of anilines is 1. The number of aromatic nitrogens is 4. The maximum atomic E-state index is 13.4. The van der Waals surface area contributed by atoms with Crippen molar-refractivity contribution in [3.05, 3.63) is 40.5 Å². The van der Waals surface area contributed by atoms with E-state index in [2.05, 4.69) is 40.0 Å². The molecule has 5 nitrogen and oxygen atoms in total. The third kappa shape index (κ3) is 3.38. The van der Waals surface area contributed by atoms with Crippen molar-refractivity contribution in [2.24, 2.45) is 0 Å². The fraction of sp³-hybridized carbons (Fsp3) is 0.267. The minimum Gasteiger partial charge on any atom is -0.372 e. The summed E-state index contributed by atoms with van der Waals surface area (Å²) in [5.41, 5.74) is 1.17. The van der Waals surface area contributed by atoms with Crippen LogP contribution in [0, 0.1) is 5.82 Å². The van der Waals surface area contributed by atoms with Crippen LogP contribution in [0.2, 0.25) is 29.8 Å². The maximum Gasteiger partial charge on any atom is 0.255 e. The van der Waals surface area contributed by atoms with Gasteiger partial charge in [-0.05, 0) is 18.2 Å². The Balaban J connectivity index is 2.23. The number of rotatable bonds is 4. The molecule has 24 heavy (non-hydrogen) atoms. The molecule has 2 heterocycles. The first-order chi connectivity index (χ1) is 11.3. The molecule has 9 heteroatoms. The molecule has 0 unspecified atom stereocenters. The van der Waals surface area contributed by atoms with Crippen molar-refractivity contribution in [2.75, 3.05) is 11.5 Å². The van der Waals surface area contributed by atoms with Gasteiger partial charge in [0.15, 0.2) is 0 Å². The number of hydrogen-bond donors (Lipinski definition) is 1. The Hall–Kier alpha value is -1.70. The lowest BCUT2D eigenvalue weighted by molar-refractivity contribution is 0.628. The third-order valence-corrected chi connectivity index (χ3v) is 5.19. The van der Waals surface area contributed by atoms with Crippen LogP contribution < -0.4 is 5.32 Å². The van der Waals surface area contributed by atoms with Gasteiger partial charge in [-0.3, -0.25) is 0 Å². The number of fused-ring (bicyclic) bond motifs is 1. The fourth-order valence-corrected chi connectivity index (χ4v) is 3.49. The molecule has 0 amide bonds. The molecule has 1 aromatic carbocycles. The van der Waals surface area contributed by atoms with Crippen LogP contribution in [-0.2, 0) is 0 Å². The van der Waals surface area contributed by atoms with Crippen LogP contribution in [0.3, 0.4) is 0 Å². The lowest BCUT2D eigenvalue weighted by atomic mass is 10.1. The zero-order chi connectivity index (χ0) is 17.5. The Labute approximate surface area is 149 Å². The van der Waals surface area contributed by atoms with Crippen LogP contribution in [0.4, 0.5) is 10.2 Å². The topological polar surface area (TPSA) is 55.1 Å². The van der Waals surface area contributed by atoms with E-state index in [9.17, 15) is 4.39 Å². The molecule has 3 rings (SSSR count). The van der Waals surface area contributed by atoms with Crippen molar-refractivity contribution in [2.45, 2.75) is 19.6 Å². The highest BCUT2D eigenvalue weighted by Crippen LogP contribution is 2.38. The zero-order valence-corrected chi connectivity index (χ0v) is 16.0. The highest BCUT2D eigenvalue weighted by molar-refractivity contribution is 6.76. The summed E-state index contributed by atoms with van der Waals surface area (Å²) < 4.78 is 15.0. The molecule has 2 aromatic heterocycles. The highest BCUT2D eigenvalue weighted by atomic mass is 35.5. The van der Waals surface area contributed by atoms with E-state index in [1.54, 1.807) is 10.6 Å². The average molecular weight is 384 g/mol. The monoisotopic (exact) mass is 383 g/mol. The minimum absolute atomic E-state index is 0.238. The Kier molecular flexibility index (Phi) is 4.50. The average Bonchev–Trinajstić information content (AvgIpc) is 2.92. The standard InChI is InChI=1S/C15H16Cl2FN5Si/c1-24(2,3)8-20-14-12(10-5-4-9(18)6-11(10)16)13(17)22-15-19-7-21-23(14)15/h4-7,20H,8H2,1-3H3. The van der Waals surface area contributed by atoms with E-state index in [4.69, 9.17) is 23.2 Å². The van der Waals surface area contributed by atoms with Crippen LogP contribution in [0.5, 0.6) is 0 Å². The summed E-state index contributed by atoms with van der Waals surface area (Å²) in [5, 5.41) is 8.12. The second-order valence-corrected chi connectivity index (χ2v) is 12.9. The van der Waals surface area contributed by atoms with Crippen LogP contribution in [0.25, 0.3) is 16.9 Å². The molecular formula is C15H16Cl2FN5Si. The first kappa shape index (κ1) is 17.1. The van der Waals surface area contributed by atoms with Gasteiger partial charge in [0.2, 0.25) is 0 Å². The van der Waals surface area contributed by atoms with E-state index >= 15 is 0 Å². The maximum absolute atomic E-state index is 13.4. The van der Waals surface area contributed by atoms with Gasteiger partial charge in [-0.25, -0.2) is 4.39 Å². The molecule has 1 N–H and O–H groups in total. The Bertz CT molecular complexity index is 907. The summed E-state index contributed by atoms with van der Waals surface area (Å²) in [6, 6.07) is 4.18. The van der Waals surface area contributed by atoms with Crippen molar-refractivity contribution in [3.8, 4) is 11.1 Å². The number of benzene rings is 1. The Morgan fingerprint density at radius 1 is 1.25 bits per heavy atom. The molecule has 0 spiro atoms. The first-order valence-electron chi connectivity index (χ1n) is 7.35. The van der Waals surface area contributed by atoms with Gasteiger partial charge < -0.3 is 5.32 Å². The second-order valence-electron chi connectivity index (χ2n) is 6.64. The van der Waals surface area contributed by atoms with Crippen molar-refractivity contribution >= 4 is 42.9 Å². The van der Waals surface area contributed by atoms with E-state index < -0.39 is 13.9 Å². The van der Waals surface area contributed by atoms with Crippen LogP contribution in [-0.4, -0.2) is 33.8 Å². The van der Waals surface area contributed by atoms with E-state index in [0.29, 0.717) is 22.7 Å². The smallest absolute Gasteiger partial charge is 0.255 e. The summed E-state index contributed by atoms with van der Waals surface area (Å²) in [6.45, 7) is 6.73. The quantitative estimate of drug-likeness (QED) is 0.531. The molecule has 0 saturated carbocycles. The second kappa shape index (κ2) is 6.31. The number of hydrogen-bond acceptors (Lipinski definition) is 4. The van der Waals surface area contributed by atoms with E-state index in [-0.39, 0.29) is 10.2 Å². The molecule has 0 aliphatic rings. The minimum atomic E-state index is -1.40. The Morgan fingerprint density at radius 3 is 2.67 bits per heavy atom. The number of nitrogens with one attached hydrogen (secondary N) is 1. The largest absolute Gasteiger partial charge is 0.372 e. The van der Waals surface area contributed by atoms with E-state index in [1.807, 2.05) is 0 Å². The van der Waals surface area contributed by atoms with Gasteiger partial charge >= 0.3 is 0 Å². The fourth-order valence-electron chi connectivity index (χ4n) is 2.26. The van der Waals surface area contributed by atoms with Gasteiger partial charge in [0.05, 0.1) is 18.7 Å². The van der Waals surface area contributed by atoms with Crippen LogP contribution >= 0.6 is 23.2 Å². The number of nitrogens with zero attached hydrogens (tertiary/aromatic N) is 4. The lowest BCUT2D eigenvalue weighted by Crippen LogP contribution is -2.32. The van der Waals surface area contributed by atoms with E-state index in [1.165, 1.54) is 18.5 Å². The predicted molar refractivity (Wildman–Crippen MR) is 98.0 cm³/mol. The molecular weight excluding hydrogens is 368 g/mol. The molecule has 0 aliphatic carbocycles. The summed E-state index contributed by atoms with van der Waals surface area (Å²) in [4.78, 5) is 8.34. The summed E-state index contributed by atoms with van der Waals surface area (Å²) in [6.07, 6.45) is 2.21. The first-order valence-corrected chi connectivity index (χ1v) is 11.8. The van der Waals surface area contributed by atoms with Crippen LogP contribution in [0.15, 0.2) is 24.5 Å². The normalized spacial score (nSPS) is 11.9. The number of halogens is 3. The molecule has 126 valence electrons. The summed E-state index contributed by atoms with van der Waals surface area (Å²) >= 11 is 12.6. The molecule has 0 atom stereocenters. The van der Waals surface area contributed by atoms with Gasteiger partial charge in [0.25, 0.3) is 5.78 Å². The van der Waals surface area contributed by atoms with Crippen molar-refractivity contribution in [3.63, 3.8) is 0 Å². The van der Waals surface area contributed by atoms with Gasteiger partial charge in [0.1, 0.15) is 23.1 Å². The molecule has 0 aliphatic heterocycles. The van der Waals surface area contributed by atoms with Gasteiger partial charge in [-0.15, -0.1) is 0 Å². The predicted octanol–water partition coefficient (Wildman–Crippen LogP) is 4.53. The molecule has 0 bridgehead atoms. The third-order valence-electron chi connectivity index (χ3n) is 3.37. The van der Waals surface area contributed by atoms with Crippen LogP contribution in [0.1, 0.15) is 0 Å². The molecule has 0 fully saturated rings. The molecule has 0 radical (unpaired) electrons. The van der Waals surface area contributed by atoms with Gasteiger partial charge in [-0.1, -0.05) is 42.8 Å². The highest BCUT2D eigenvalue weighted by Gasteiger charge is 2.21. The van der Waals surface area contributed by atoms with E-state index in [0.717, 1.165) is 6.17 Å². The summed E-state index contributed by atoms with van der Waals surface area (Å²) in [7, 11) is -1.40. The Morgan fingerprint density at radius 2 is 2.00 bits per heavy atom. The van der Waals surface area contributed by atoms with Crippen molar-refractivity contribution in [1.29, 1.82) is 0 Å². The molecule has 0 saturated heterocycles. The summed E-state index contributed by atoms with van der Waals surface area (Å²) in [5.74, 6) is 0.629. The van der Waals surface area contributed by atoms with Gasteiger partial charge in [0, 0.05) is 11.7 Å².